The van der Waals surface area contributed by atoms with Crippen molar-refractivity contribution < 1.29 is 0 Å². The summed E-state index contributed by atoms with van der Waals surface area (Å²) in [5.74, 6) is 1.00. The van der Waals surface area contributed by atoms with Crippen molar-refractivity contribution in [3.05, 3.63) is 83.4 Å². The van der Waals surface area contributed by atoms with E-state index in [2.05, 4.69) is 73.7 Å². The lowest BCUT2D eigenvalue weighted by Crippen LogP contribution is -2.05. The summed E-state index contributed by atoms with van der Waals surface area (Å²) in [4.78, 5) is 0. The summed E-state index contributed by atoms with van der Waals surface area (Å²) in [6.07, 6.45) is 0.980. The van der Waals surface area contributed by atoms with Crippen molar-refractivity contribution in [1.29, 1.82) is 0 Å². The van der Waals surface area contributed by atoms with Crippen molar-refractivity contribution in [3.8, 4) is 0 Å². The molecule has 0 N–H and O–H groups in total. The molecule has 0 saturated carbocycles. The Bertz CT molecular complexity index is 723. The molecule has 0 heterocycles. The molecule has 0 aromatic heterocycles. The molecule has 1 unspecified atom stereocenters. The Morgan fingerprint density at radius 3 is 2.33 bits per heavy atom. The summed E-state index contributed by atoms with van der Waals surface area (Å²) in [5, 5.41) is 2.63. The van der Waals surface area contributed by atoms with Gasteiger partial charge in [-0.1, -0.05) is 72.3 Å². The second-order valence-corrected chi connectivity index (χ2v) is 5.91. The summed E-state index contributed by atoms with van der Waals surface area (Å²) in [6, 6.07) is 23.8. The van der Waals surface area contributed by atoms with E-state index >= 15 is 0 Å². The lowest BCUT2D eigenvalue weighted by atomic mass is 9.90. The molecule has 0 radical (unpaired) electrons. The van der Waals surface area contributed by atoms with Crippen LogP contribution in [-0.4, -0.2) is 5.88 Å². The van der Waals surface area contributed by atoms with Gasteiger partial charge in [-0.15, -0.1) is 11.6 Å². The van der Waals surface area contributed by atoms with E-state index in [-0.39, 0.29) is 0 Å². The molecule has 0 fully saturated rings. The number of hydrogen-bond acceptors (Lipinski definition) is 0. The van der Waals surface area contributed by atoms with Crippen LogP contribution >= 0.6 is 11.6 Å². The Balaban J connectivity index is 1.94. The number of hydrogen-bond donors (Lipinski definition) is 0. The van der Waals surface area contributed by atoms with Gasteiger partial charge in [0.25, 0.3) is 0 Å². The summed E-state index contributed by atoms with van der Waals surface area (Å²) in [7, 11) is 0. The van der Waals surface area contributed by atoms with Crippen LogP contribution in [0.2, 0.25) is 0 Å². The zero-order valence-electron chi connectivity index (χ0n) is 12.2. The number of benzene rings is 3. The van der Waals surface area contributed by atoms with E-state index < -0.39 is 0 Å². The Kier molecular flexibility index (Phi) is 4.26. The van der Waals surface area contributed by atoms with E-state index in [1.807, 2.05) is 0 Å². The fourth-order valence-corrected chi connectivity index (χ4v) is 3.12. The molecule has 0 bridgehead atoms. The minimum Gasteiger partial charge on any atom is -0.126 e. The van der Waals surface area contributed by atoms with Gasteiger partial charge in [0.2, 0.25) is 0 Å². The maximum absolute atomic E-state index is 6.24. The molecule has 0 aliphatic rings. The number of alkyl halides is 1. The molecule has 0 nitrogen and oxygen atoms in total. The molecule has 21 heavy (non-hydrogen) atoms. The zero-order valence-corrected chi connectivity index (χ0v) is 13.0. The lowest BCUT2D eigenvalue weighted by molar-refractivity contribution is 0.770. The normalized spacial score (nSPS) is 12.5. The van der Waals surface area contributed by atoms with Gasteiger partial charge in [-0.2, -0.15) is 0 Å². The first-order chi connectivity index (χ1) is 10.3. The summed E-state index contributed by atoms with van der Waals surface area (Å²) < 4.78 is 0. The zero-order chi connectivity index (χ0) is 14.7. The molecule has 3 aromatic carbocycles. The molecular formula is C20H19Cl. The highest BCUT2D eigenvalue weighted by atomic mass is 35.5. The topological polar surface area (TPSA) is 0 Å². The molecule has 106 valence electrons. The summed E-state index contributed by atoms with van der Waals surface area (Å²) in [5.41, 5.74) is 3.99. The van der Waals surface area contributed by atoms with E-state index in [4.69, 9.17) is 11.6 Å². The molecule has 1 atom stereocenters. The Hall–Kier alpha value is -1.79. The van der Waals surface area contributed by atoms with Gasteiger partial charge in [-0.25, -0.2) is 0 Å². The standard InChI is InChI=1S/C20H19Cl/c1-15-9-11-16(12-10-15)19(14-21)13-18-7-4-6-17-5-2-3-8-20(17)18/h2-12,19H,13-14H2,1H3. The first kappa shape index (κ1) is 14.2. The van der Waals surface area contributed by atoms with Crippen molar-refractivity contribution >= 4 is 22.4 Å². The van der Waals surface area contributed by atoms with Crippen molar-refractivity contribution in [2.24, 2.45) is 0 Å². The van der Waals surface area contributed by atoms with Gasteiger partial charge in [-0.05, 0) is 35.2 Å². The van der Waals surface area contributed by atoms with Gasteiger partial charge in [-0.3, -0.25) is 0 Å². The van der Waals surface area contributed by atoms with Crippen LogP contribution in [0.15, 0.2) is 66.7 Å². The Morgan fingerprint density at radius 2 is 1.57 bits per heavy atom. The van der Waals surface area contributed by atoms with Gasteiger partial charge in [0, 0.05) is 11.8 Å². The highest BCUT2D eigenvalue weighted by Crippen LogP contribution is 2.27. The first-order valence-electron chi connectivity index (χ1n) is 7.37. The smallest absolute Gasteiger partial charge is 0.0295 e. The predicted octanol–water partition coefficient (Wildman–Crippen LogP) is 5.71. The molecule has 1 heteroatoms. The molecule has 0 spiro atoms. The molecular weight excluding hydrogens is 276 g/mol. The molecule has 0 saturated heterocycles. The van der Waals surface area contributed by atoms with Crippen molar-refractivity contribution in [2.45, 2.75) is 19.3 Å². The molecule has 0 amide bonds. The Labute approximate surface area is 131 Å². The van der Waals surface area contributed by atoms with Crippen molar-refractivity contribution in [2.75, 3.05) is 5.88 Å². The molecule has 0 aliphatic carbocycles. The van der Waals surface area contributed by atoms with Gasteiger partial charge in [0.05, 0.1) is 0 Å². The minimum absolute atomic E-state index is 0.359. The average Bonchev–Trinajstić information content (AvgIpc) is 2.54. The maximum Gasteiger partial charge on any atom is 0.0295 e. The minimum atomic E-state index is 0.359. The van der Waals surface area contributed by atoms with Gasteiger partial charge in [0.1, 0.15) is 0 Å². The van der Waals surface area contributed by atoms with Crippen LogP contribution < -0.4 is 0 Å². The highest BCUT2D eigenvalue weighted by molar-refractivity contribution is 6.18. The van der Waals surface area contributed by atoms with Crippen LogP contribution in [0.5, 0.6) is 0 Å². The van der Waals surface area contributed by atoms with Crippen LogP contribution in [0.25, 0.3) is 10.8 Å². The van der Waals surface area contributed by atoms with Crippen LogP contribution in [0.1, 0.15) is 22.6 Å². The van der Waals surface area contributed by atoms with E-state index in [0.717, 1.165) is 6.42 Å². The molecule has 0 aliphatic heterocycles. The van der Waals surface area contributed by atoms with Crippen molar-refractivity contribution in [3.63, 3.8) is 0 Å². The SMILES string of the molecule is Cc1ccc(C(CCl)Cc2cccc3ccccc23)cc1. The molecule has 3 aromatic rings. The van der Waals surface area contributed by atoms with E-state index in [1.165, 1.54) is 27.5 Å². The largest absolute Gasteiger partial charge is 0.126 e. The fraction of sp³-hybridized carbons (Fsp3) is 0.200. The molecule has 3 rings (SSSR count). The van der Waals surface area contributed by atoms with Crippen LogP contribution in [0.4, 0.5) is 0 Å². The Morgan fingerprint density at radius 1 is 0.857 bits per heavy atom. The van der Waals surface area contributed by atoms with Gasteiger partial charge >= 0.3 is 0 Å². The van der Waals surface area contributed by atoms with Crippen molar-refractivity contribution in [1.82, 2.24) is 0 Å². The second-order valence-electron chi connectivity index (χ2n) is 5.60. The quantitative estimate of drug-likeness (QED) is 0.540. The highest BCUT2D eigenvalue weighted by Gasteiger charge is 2.12. The van der Waals surface area contributed by atoms with E-state index in [0.29, 0.717) is 11.8 Å². The second kappa shape index (κ2) is 6.32. The van der Waals surface area contributed by atoms with E-state index in [9.17, 15) is 0 Å². The van der Waals surface area contributed by atoms with E-state index in [1.54, 1.807) is 0 Å². The number of rotatable bonds is 4. The average molecular weight is 295 g/mol. The third-order valence-corrected chi connectivity index (χ3v) is 4.45. The third-order valence-electron chi connectivity index (χ3n) is 4.08. The first-order valence-corrected chi connectivity index (χ1v) is 7.90. The number of aryl methyl sites for hydroxylation is 1. The third kappa shape index (κ3) is 3.11. The maximum atomic E-state index is 6.24. The van der Waals surface area contributed by atoms with Gasteiger partial charge in [0.15, 0.2) is 0 Å². The van der Waals surface area contributed by atoms with Gasteiger partial charge < -0.3 is 0 Å². The predicted molar refractivity (Wildman–Crippen MR) is 92.3 cm³/mol. The fourth-order valence-electron chi connectivity index (χ4n) is 2.84. The van der Waals surface area contributed by atoms with Crippen LogP contribution in [-0.2, 0) is 6.42 Å². The number of fused-ring (bicyclic) bond motifs is 1. The number of halogens is 1. The lowest BCUT2D eigenvalue weighted by Gasteiger charge is -2.16. The summed E-state index contributed by atoms with van der Waals surface area (Å²) >= 11 is 6.24. The van der Waals surface area contributed by atoms with Crippen LogP contribution in [0.3, 0.4) is 0 Å². The summed E-state index contributed by atoms with van der Waals surface area (Å²) in [6.45, 7) is 2.12. The monoisotopic (exact) mass is 294 g/mol. The van der Waals surface area contributed by atoms with Crippen LogP contribution in [0, 0.1) is 6.92 Å².